The molecule has 5 heteroatoms. The molecule has 4 nitrogen and oxygen atoms in total. The van der Waals surface area contributed by atoms with E-state index in [1.54, 1.807) is 12.1 Å². The van der Waals surface area contributed by atoms with Crippen molar-refractivity contribution in [3.63, 3.8) is 0 Å². The first-order valence-electron chi connectivity index (χ1n) is 7.20. The number of halogens is 1. The third kappa shape index (κ3) is 3.40. The molecule has 0 aromatic heterocycles. The molecule has 0 atom stereocenters. The van der Waals surface area contributed by atoms with Gasteiger partial charge in [0.05, 0.1) is 12.5 Å². The van der Waals surface area contributed by atoms with Crippen molar-refractivity contribution < 1.29 is 18.7 Å². The highest BCUT2D eigenvalue weighted by molar-refractivity contribution is 5.89. The van der Waals surface area contributed by atoms with Crippen LogP contribution in [0.5, 0.6) is 0 Å². The SMILES string of the molecule is COC(=O)CCCNC(=O)C1(c2ccc(F)cc2)CCC1. The van der Waals surface area contributed by atoms with Gasteiger partial charge >= 0.3 is 5.97 Å². The molecule has 1 fully saturated rings. The Morgan fingerprint density at radius 3 is 2.48 bits per heavy atom. The minimum atomic E-state index is -0.529. The first-order chi connectivity index (χ1) is 10.1. The second-order valence-electron chi connectivity index (χ2n) is 5.38. The van der Waals surface area contributed by atoms with Crippen LogP contribution in [0, 0.1) is 5.82 Å². The molecule has 1 saturated carbocycles. The summed E-state index contributed by atoms with van der Waals surface area (Å²) in [7, 11) is 1.35. The highest BCUT2D eigenvalue weighted by Gasteiger charge is 2.45. The fourth-order valence-electron chi connectivity index (χ4n) is 2.65. The molecule has 0 radical (unpaired) electrons. The van der Waals surface area contributed by atoms with E-state index in [9.17, 15) is 14.0 Å². The zero-order chi connectivity index (χ0) is 15.3. The van der Waals surface area contributed by atoms with Crippen molar-refractivity contribution >= 4 is 11.9 Å². The van der Waals surface area contributed by atoms with Crippen molar-refractivity contribution in [1.82, 2.24) is 5.32 Å². The van der Waals surface area contributed by atoms with E-state index < -0.39 is 5.41 Å². The molecule has 1 aromatic rings. The lowest BCUT2D eigenvalue weighted by Crippen LogP contribution is -2.49. The maximum absolute atomic E-state index is 13.0. The molecular weight excluding hydrogens is 273 g/mol. The van der Waals surface area contributed by atoms with Crippen molar-refractivity contribution in [2.75, 3.05) is 13.7 Å². The minimum absolute atomic E-state index is 0.0368. The summed E-state index contributed by atoms with van der Waals surface area (Å²) in [6.07, 6.45) is 3.40. The average Bonchev–Trinajstić information content (AvgIpc) is 2.44. The van der Waals surface area contributed by atoms with Crippen LogP contribution in [0.15, 0.2) is 24.3 Å². The lowest BCUT2D eigenvalue weighted by Gasteiger charge is -2.40. The van der Waals surface area contributed by atoms with Gasteiger partial charge in [-0.1, -0.05) is 18.6 Å². The minimum Gasteiger partial charge on any atom is -0.469 e. The second-order valence-corrected chi connectivity index (χ2v) is 5.38. The van der Waals surface area contributed by atoms with E-state index in [0.717, 1.165) is 24.8 Å². The van der Waals surface area contributed by atoms with E-state index >= 15 is 0 Å². The Balaban J connectivity index is 1.92. The first kappa shape index (κ1) is 15.5. The van der Waals surface area contributed by atoms with Crippen LogP contribution in [-0.2, 0) is 19.7 Å². The Kier molecular flexibility index (Phi) is 4.94. The molecule has 0 saturated heterocycles. The summed E-state index contributed by atoms with van der Waals surface area (Å²) in [5.74, 6) is -0.613. The summed E-state index contributed by atoms with van der Waals surface area (Å²) in [6, 6.07) is 6.14. The van der Waals surface area contributed by atoms with Gasteiger partial charge in [0.25, 0.3) is 0 Å². The van der Waals surface area contributed by atoms with Gasteiger partial charge in [-0.2, -0.15) is 0 Å². The van der Waals surface area contributed by atoms with Crippen LogP contribution in [0.3, 0.4) is 0 Å². The number of methoxy groups -OCH3 is 1. The summed E-state index contributed by atoms with van der Waals surface area (Å²) < 4.78 is 17.6. The van der Waals surface area contributed by atoms with E-state index in [2.05, 4.69) is 10.1 Å². The van der Waals surface area contributed by atoms with E-state index in [0.29, 0.717) is 19.4 Å². The predicted molar refractivity (Wildman–Crippen MR) is 76.2 cm³/mol. The topological polar surface area (TPSA) is 55.4 Å². The predicted octanol–water partition coefficient (Wildman–Crippen LogP) is 2.32. The fourth-order valence-corrected chi connectivity index (χ4v) is 2.65. The molecular formula is C16H20FNO3. The monoisotopic (exact) mass is 293 g/mol. The van der Waals surface area contributed by atoms with Crippen LogP contribution < -0.4 is 5.32 Å². The Bertz CT molecular complexity index is 509. The number of benzene rings is 1. The Morgan fingerprint density at radius 2 is 1.95 bits per heavy atom. The highest BCUT2D eigenvalue weighted by atomic mass is 19.1. The van der Waals surface area contributed by atoms with Crippen molar-refractivity contribution in [2.24, 2.45) is 0 Å². The van der Waals surface area contributed by atoms with E-state index in [4.69, 9.17) is 0 Å². The van der Waals surface area contributed by atoms with E-state index in [1.165, 1.54) is 19.2 Å². The number of hydrogen-bond acceptors (Lipinski definition) is 3. The fraction of sp³-hybridized carbons (Fsp3) is 0.500. The normalized spacial score (nSPS) is 15.9. The third-order valence-electron chi connectivity index (χ3n) is 4.11. The zero-order valence-corrected chi connectivity index (χ0v) is 12.2. The molecule has 1 N–H and O–H groups in total. The largest absolute Gasteiger partial charge is 0.469 e. The first-order valence-corrected chi connectivity index (χ1v) is 7.20. The molecule has 1 aromatic carbocycles. The summed E-state index contributed by atoms with van der Waals surface area (Å²) in [5, 5.41) is 2.88. The maximum Gasteiger partial charge on any atom is 0.305 e. The van der Waals surface area contributed by atoms with Crippen LogP contribution in [0.25, 0.3) is 0 Å². The molecule has 1 amide bonds. The Hall–Kier alpha value is -1.91. The molecule has 114 valence electrons. The van der Waals surface area contributed by atoms with Gasteiger partial charge in [0.15, 0.2) is 0 Å². The van der Waals surface area contributed by atoms with Crippen LogP contribution in [0.2, 0.25) is 0 Å². The standard InChI is InChI=1S/C16H20FNO3/c1-21-14(19)4-2-11-18-15(20)16(9-3-10-16)12-5-7-13(17)8-6-12/h5-8H,2-4,9-11H2,1H3,(H,18,20). The highest BCUT2D eigenvalue weighted by Crippen LogP contribution is 2.43. The van der Waals surface area contributed by atoms with Crippen molar-refractivity contribution in [2.45, 2.75) is 37.5 Å². The number of rotatable bonds is 6. The number of ether oxygens (including phenoxy) is 1. The summed E-state index contributed by atoms with van der Waals surface area (Å²) in [5.41, 5.74) is 0.333. The molecule has 1 aliphatic rings. The smallest absolute Gasteiger partial charge is 0.305 e. The Morgan fingerprint density at radius 1 is 1.29 bits per heavy atom. The number of carbonyl (C=O) groups excluding carboxylic acids is 2. The van der Waals surface area contributed by atoms with Gasteiger partial charge in [0.2, 0.25) is 5.91 Å². The van der Waals surface area contributed by atoms with Gasteiger partial charge in [-0.15, -0.1) is 0 Å². The van der Waals surface area contributed by atoms with Gasteiger partial charge in [0, 0.05) is 13.0 Å². The molecule has 0 spiro atoms. The quantitative estimate of drug-likeness (QED) is 0.647. The van der Waals surface area contributed by atoms with Crippen LogP contribution >= 0.6 is 0 Å². The van der Waals surface area contributed by atoms with E-state index in [1.807, 2.05) is 0 Å². The molecule has 21 heavy (non-hydrogen) atoms. The van der Waals surface area contributed by atoms with Gasteiger partial charge in [-0.3, -0.25) is 9.59 Å². The average molecular weight is 293 g/mol. The molecule has 1 aliphatic carbocycles. The van der Waals surface area contributed by atoms with Crippen molar-refractivity contribution in [3.8, 4) is 0 Å². The number of amides is 1. The lowest BCUT2D eigenvalue weighted by atomic mass is 9.64. The van der Waals surface area contributed by atoms with Gasteiger partial charge in [0.1, 0.15) is 5.82 Å². The molecule has 0 heterocycles. The maximum atomic E-state index is 13.0. The van der Waals surface area contributed by atoms with Gasteiger partial charge in [-0.05, 0) is 37.0 Å². The second kappa shape index (κ2) is 6.70. The zero-order valence-electron chi connectivity index (χ0n) is 12.2. The van der Waals surface area contributed by atoms with Crippen LogP contribution in [-0.4, -0.2) is 25.5 Å². The van der Waals surface area contributed by atoms with Crippen molar-refractivity contribution in [1.29, 1.82) is 0 Å². The molecule has 2 rings (SSSR count). The molecule has 0 bridgehead atoms. The lowest BCUT2D eigenvalue weighted by molar-refractivity contribution is -0.141. The van der Waals surface area contributed by atoms with Gasteiger partial charge < -0.3 is 10.1 Å². The van der Waals surface area contributed by atoms with Crippen molar-refractivity contribution in [3.05, 3.63) is 35.6 Å². The van der Waals surface area contributed by atoms with Crippen LogP contribution in [0.1, 0.15) is 37.7 Å². The summed E-state index contributed by atoms with van der Waals surface area (Å²) >= 11 is 0. The number of hydrogen-bond donors (Lipinski definition) is 1. The van der Waals surface area contributed by atoms with Gasteiger partial charge in [-0.25, -0.2) is 4.39 Å². The van der Waals surface area contributed by atoms with E-state index in [-0.39, 0.29) is 17.7 Å². The number of esters is 1. The molecule has 0 aliphatic heterocycles. The number of nitrogens with one attached hydrogen (secondary N) is 1. The van der Waals surface area contributed by atoms with Crippen LogP contribution in [0.4, 0.5) is 4.39 Å². The summed E-state index contributed by atoms with van der Waals surface area (Å²) in [4.78, 5) is 23.4. The molecule has 0 unspecified atom stereocenters. The number of carbonyl (C=O) groups is 2. The Labute approximate surface area is 123 Å². The third-order valence-corrected chi connectivity index (χ3v) is 4.11. The summed E-state index contributed by atoms with van der Waals surface area (Å²) in [6.45, 7) is 0.441.